The zero-order chi connectivity index (χ0) is 14.8. The Hall–Kier alpha value is -2.36. The summed E-state index contributed by atoms with van der Waals surface area (Å²) < 4.78 is 0. The lowest BCUT2D eigenvalue weighted by Crippen LogP contribution is -2.34. The van der Waals surface area contributed by atoms with Crippen molar-refractivity contribution < 1.29 is 4.79 Å². The van der Waals surface area contributed by atoms with E-state index >= 15 is 0 Å². The van der Waals surface area contributed by atoms with Crippen LogP contribution in [0.2, 0.25) is 0 Å². The fourth-order valence-electron chi connectivity index (χ4n) is 2.71. The second-order valence-electron chi connectivity index (χ2n) is 5.49. The van der Waals surface area contributed by atoms with E-state index in [2.05, 4.69) is 47.1 Å². The van der Waals surface area contributed by atoms with Gasteiger partial charge < -0.3 is 4.90 Å². The van der Waals surface area contributed by atoms with Crippen molar-refractivity contribution in [3.8, 4) is 0 Å². The van der Waals surface area contributed by atoms with E-state index in [1.165, 1.54) is 11.3 Å². The summed E-state index contributed by atoms with van der Waals surface area (Å²) in [6.45, 7) is 7.55. The fraction of sp³-hybridized carbons (Fsp3) is 0.294. The molecule has 3 rings (SSSR count). The highest BCUT2D eigenvalue weighted by molar-refractivity contribution is 6.09. The highest BCUT2D eigenvalue weighted by atomic mass is 16.1. The minimum atomic E-state index is 0.369. The van der Waals surface area contributed by atoms with Crippen molar-refractivity contribution in [2.24, 2.45) is 5.10 Å². The van der Waals surface area contributed by atoms with Crippen LogP contribution in [0.25, 0.3) is 0 Å². The van der Waals surface area contributed by atoms with Crippen LogP contribution < -0.4 is 10.3 Å². The van der Waals surface area contributed by atoms with Crippen LogP contribution in [-0.2, 0) is 4.79 Å². The molecule has 1 fully saturated rings. The summed E-state index contributed by atoms with van der Waals surface area (Å²) in [7, 11) is 0. The first-order valence-electron chi connectivity index (χ1n) is 7.22. The first-order valence-corrected chi connectivity index (χ1v) is 7.22. The number of benzene rings is 1. The molecule has 0 amide bonds. The van der Waals surface area contributed by atoms with Gasteiger partial charge in [-0.3, -0.25) is 10.2 Å². The number of aryl methyl sites for hydroxylation is 1. The maximum Gasteiger partial charge on any atom is 0.136 e. The van der Waals surface area contributed by atoms with Crippen LogP contribution in [0.1, 0.15) is 24.0 Å². The van der Waals surface area contributed by atoms with E-state index in [1.807, 2.05) is 12.2 Å². The average Bonchev–Trinajstić information content (AvgIpc) is 2.49. The van der Waals surface area contributed by atoms with Crippen molar-refractivity contribution in [1.82, 2.24) is 5.43 Å². The first kappa shape index (κ1) is 13.6. The van der Waals surface area contributed by atoms with E-state index in [0.717, 1.165) is 30.1 Å². The van der Waals surface area contributed by atoms with E-state index < -0.39 is 0 Å². The Kier molecular flexibility index (Phi) is 3.60. The number of hydrogen-bond donors (Lipinski definition) is 1. The highest BCUT2D eigenvalue weighted by Crippen LogP contribution is 2.24. The summed E-state index contributed by atoms with van der Waals surface area (Å²) in [5.41, 5.74) is 8.10. The molecule has 108 valence electrons. The summed E-state index contributed by atoms with van der Waals surface area (Å²) in [6.07, 6.45) is 5.19. The van der Waals surface area contributed by atoms with E-state index in [0.29, 0.717) is 18.6 Å². The minimum absolute atomic E-state index is 0.369. The molecule has 2 aliphatic heterocycles. The van der Waals surface area contributed by atoms with Gasteiger partial charge in [0.1, 0.15) is 5.78 Å². The topological polar surface area (TPSA) is 44.7 Å². The lowest BCUT2D eigenvalue weighted by Gasteiger charge is -2.29. The number of Topliss-reactive ketones (excluding diaryl/α,β-unsaturated/α-hetero) is 1. The van der Waals surface area contributed by atoms with Gasteiger partial charge in [-0.05, 0) is 36.8 Å². The molecule has 0 saturated carbocycles. The summed E-state index contributed by atoms with van der Waals surface area (Å²) >= 11 is 0. The Morgan fingerprint density at radius 1 is 1.24 bits per heavy atom. The van der Waals surface area contributed by atoms with Crippen LogP contribution in [-0.4, -0.2) is 24.6 Å². The highest BCUT2D eigenvalue weighted by Gasteiger charge is 2.18. The lowest BCUT2D eigenvalue weighted by atomic mass is 10.0. The van der Waals surface area contributed by atoms with E-state index in [9.17, 15) is 4.79 Å². The lowest BCUT2D eigenvalue weighted by molar-refractivity contribution is -0.119. The SMILES string of the molecule is C=C1C=CC(c2ccc(N3CCC(=O)CC3)c(C)c2)=NN1. The monoisotopic (exact) mass is 281 g/mol. The first-order chi connectivity index (χ1) is 10.1. The van der Waals surface area contributed by atoms with Crippen molar-refractivity contribution in [2.75, 3.05) is 18.0 Å². The second-order valence-corrected chi connectivity index (χ2v) is 5.49. The minimum Gasteiger partial charge on any atom is -0.370 e. The predicted octanol–water partition coefficient (Wildman–Crippen LogP) is 2.54. The number of piperidine rings is 1. The molecule has 0 unspecified atom stereocenters. The largest absolute Gasteiger partial charge is 0.370 e. The van der Waals surface area contributed by atoms with Crippen LogP contribution in [0.4, 0.5) is 5.69 Å². The van der Waals surface area contributed by atoms with Crippen molar-refractivity contribution in [3.63, 3.8) is 0 Å². The number of rotatable bonds is 2. The zero-order valence-corrected chi connectivity index (χ0v) is 12.2. The van der Waals surface area contributed by atoms with Crippen molar-refractivity contribution in [3.05, 3.63) is 53.8 Å². The number of nitrogens with zero attached hydrogens (tertiary/aromatic N) is 2. The van der Waals surface area contributed by atoms with Crippen molar-refractivity contribution in [2.45, 2.75) is 19.8 Å². The van der Waals surface area contributed by atoms with E-state index in [1.54, 1.807) is 0 Å². The molecule has 2 aliphatic rings. The van der Waals surface area contributed by atoms with Crippen LogP contribution >= 0.6 is 0 Å². The van der Waals surface area contributed by atoms with Crippen molar-refractivity contribution in [1.29, 1.82) is 0 Å². The maximum absolute atomic E-state index is 11.3. The number of ketones is 1. The number of hydrazone groups is 1. The van der Waals surface area contributed by atoms with Gasteiger partial charge in [-0.2, -0.15) is 5.10 Å². The molecule has 1 N–H and O–H groups in total. The predicted molar refractivity (Wildman–Crippen MR) is 85.6 cm³/mol. The zero-order valence-electron chi connectivity index (χ0n) is 12.2. The summed E-state index contributed by atoms with van der Waals surface area (Å²) in [6, 6.07) is 6.35. The normalized spacial score (nSPS) is 18.5. The van der Waals surface area contributed by atoms with Gasteiger partial charge in [0.15, 0.2) is 0 Å². The molecule has 1 aromatic carbocycles. The van der Waals surface area contributed by atoms with Gasteiger partial charge in [0, 0.05) is 42.9 Å². The summed E-state index contributed by atoms with van der Waals surface area (Å²) in [4.78, 5) is 13.6. The smallest absolute Gasteiger partial charge is 0.136 e. The number of carbonyl (C=O) groups is 1. The molecule has 0 aromatic heterocycles. The van der Waals surface area contributed by atoms with Gasteiger partial charge in [-0.1, -0.05) is 12.6 Å². The van der Waals surface area contributed by atoms with Gasteiger partial charge in [-0.25, -0.2) is 0 Å². The summed E-state index contributed by atoms with van der Waals surface area (Å²) in [5.74, 6) is 0.369. The Bertz CT molecular complexity index is 648. The fourth-order valence-corrected chi connectivity index (χ4v) is 2.71. The third-order valence-corrected chi connectivity index (χ3v) is 3.92. The van der Waals surface area contributed by atoms with Crippen LogP contribution in [0.3, 0.4) is 0 Å². The van der Waals surface area contributed by atoms with Gasteiger partial charge in [0.05, 0.1) is 5.71 Å². The molecule has 21 heavy (non-hydrogen) atoms. The molecule has 4 heteroatoms. The summed E-state index contributed by atoms with van der Waals surface area (Å²) in [5, 5.41) is 4.30. The maximum atomic E-state index is 11.3. The van der Waals surface area contributed by atoms with Crippen LogP contribution in [0.15, 0.2) is 47.7 Å². The third-order valence-electron chi connectivity index (χ3n) is 3.92. The molecule has 0 atom stereocenters. The molecular formula is C17H19N3O. The van der Waals surface area contributed by atoms with E-state index in [-0.39, 0.29) is 0 Å². The van der Waals surface area contributed by atoms with Crippen LogP contribution in [0, 0.1) is 6.92 Å². The molecule has 0 spiro atoms. The molecular weight excluding hydrogens is 262 g/mol. The number of carbonyl (C=O) groups excluding carboxylic acids is 1. The Morgan fingerprint density at radius 2 is 2.00 bits per heavy atom. The number of nitrogens with one attached hydrogen (secondary N) is 1. The molecule has 1 saturated heterocycles. The average molecular weight is 281 g/mol. The molecule has 0 bridgehead atoms. The Morgan fingerprint density at radius 3 is 2.62 bits per heavy atom. The van der Waals surface area contributed by atoms with Gasteiger partial charge in [0.2, 0.25) is 0 Å². The quantitative estimate of drug-likeness (QED) is 0.906. The molecule has 0 aliphatic carbocycles. The van der Waals surface area contributed by atoms with Gasteiger partial charge >= 0.3 is 0 Å². The molecule has 1 aromatic rings. The molecule has 0 radical (unpaired) electrons. The van der Waals surface area contributed by atoms with Gasteiger partial charge in [0.25, 0.3) is 0 Å². The van der Waals surface area contributed by atoms with Gasteiger partial charge in [-0.15, -0.1) is 0 Å². The molecule has 2 heterocycles. The van der Waals surface area contributed by atoms with Crippen LogP contribution in [0.5, 0.6) is 0 Å². The second kappa shape index (κ2) is 5.56. The van der Waals surface area contributed by atoms with E-state index in [4.69, 9.17) is 0 Å². The standard InChI is InChI=1S/C17H19N3O/c1-12-11-14(16-5-3-13(2)18-19-16)4-6-17(12)20-9-7-15(21)8-10-20/h3-6,11,18H,2,7-10H2,1H3. The Labute approximate surface area is 124 Å². The number of allylic oxidation sites excluding steroid dienone is 2. The third kappa shape index (κ3) is 2.89. The number of anilines is 1. The number of hydrogen-bond acceptors (Lipinski definition) is 4. The van der Waals surface area contributed by atoms with Crippen molar-refractivity contribution >= 4 is 17.2 Å². The molecule has 4 nitrogen and oxygen atoms in total. The Balaban J connectivity index is 1.82.